The standard InChI is InChI=1S/C30H32N4O6/c1-17(2)23(33-25(35)19-9-5-6-10-20(19)26(33)36)29(39)31-13-15-32(16-14-31)30(40)24(18(3)4)34-27(37)21-11-7-8-12-22(21)28(34)38/h5-12,17-18,23-24H,13-16H2,1-4H3/t23-,24-/m0/s1. The molecule has 6 amide bonds. The molecule has 0 aliphatic carbocycles. The van der Waals surface area contributed by atoms with Crippen molar-refractivity contribution in [2.45, 2.75) is 39.8 Å². The fourth-order valence-corrected chi connectivity index (χ4v) is 5.83. The Balaban J connectivity index is 1.30. The number of hydrogen-bond acceptors (Lipinski definition) is 6. The number of carbonyl (C=O) groups excluding carboxylic acids is 6. The summed E-state index contributed by atoms with van der Waals surface area (Å²) in [5, 5.41) is 0. The van der Waals surface area contributed by atoms with E-state index in [4.69, 9.17) is 0 Å². The first kappa shape index (κ1) is 27.2. The van der Waals surface area contributed by atoms with Gasteiger partial charge >= 0.3 is 0 Å². The second-order valence-corrected chi connectivity index (χ2v) is 11.1. The van der Waals surface area contributed by atoms with Crippen LogP contribution >= 0.6 is 0 Å². The van der Waals surface area contributed by atoms with E-state index in [0.29, 0.717) is 0 Å². The van der Waals surface area contributed by atoms with E-state index in [1.807, 2.05) is 0 Å². The molecule has 208 valence electrons. The second-order valence-electron chi connectivity index (χ2n) is 11.1. The van der Waals surface area contributed by atoms with Crippen LogP contribution in [0.25, 0.3) is 0 Å². The Hall–Kier alpha value is -4.34. The van der Waals surface area contributed by atoms with Crippen LogP contribution in [-0.2, 0) is 9.59 Å². The summed E-state index contributed by atoms with van der Waals surface area (Å²) < 4.78 is 0. The molecule has 3 heterocycles. The van der Waals surface area contributed by atoms with Crippen molar-refractivity contribution in [3.63, 3.8) is 0 Å². The van der Waals surface area contributed by atoms with Crippen LogP contribution in [0.5, 0.6) is 0 Å². The van der Waals surface area contributed by atoms with Crippen LogP contribution in [0, 0.1) is 11.8 Å². The molecule has 40 heavy (non-hydrogen) atoms. The summed E-state index contributed by atoms with van der Waals surface area (Å²) in [5.41, 5.74) is 1.15. The number of rotatable bonds is 6. The Morgan fingerprint density at radius 2 is 0.775 bits per heavy atom. The van der Waals surface area contributed by atoms with E-state index in [1.165, 1.54) is 0 Å². The smallest absolute Gasteiger partial charge is 0.262 e. The molecule has 1 fully saturated rings. The van der Waals surface area contributed by atoms with E-state index < -0.39 is 35.7 Å². The molecule has 0 spiro atoms. The predicted octanol–water partition coefficient (Wildman–Crippen LogP) is 2.30. The Kier molecular flexibility index (Phi) is 7.03. The van der Waals surface area contributed by atoms with Crippen LogP contribution < -0.4 is 0 Å². The van der Waals surface area contributed by atoms with Gasteiger partial charge in [0.05, 0.1) is 22.3 Å². The Labute approximate surface area is 232 Å². The number of imide groups is 2. The van der Waals surface area contributed by atoms with Gasteiger partial charge in [-0.1, -0.05) is 52.0 Å². The molecule has 3 aliphatic rings. The third-order valence-corrected chi connectivity index (χ3v) is 7.88. The van der Waals surface area contributed by atoms with E-state index in [9.17, 15) is 28.8 Å². The Morgan fingerprint density at radius 3 is 1.00 bits per heavy atom. The molecule has 10 heteroatoms. The van der Waals surface area contributed by atoms with Gasteiger partial charge in [-0.15, -0.1) is 0 Å². The number of fused-ring (bicyclic) bond motifs is 2. The lowest BCUT2D eigenvalue weighted by Crippen LogP contribution is -2.61. The maximum Gasteiger partial charge on any atom is 0.262 e. The van der Waals surface area contributed by atoms with Crippen LogP contribution in [0.1, 0.15) is 69.1 Å². The summed E-state index contributed by atoms with van der Waals surface area (Å²) in [6, 6.07) is 11.1. The average molecular weight is 545 g/mol. The summed E-state index contributed by atoms with van der Waals surface area (Å²) in [5.74, 6) is -3.29. The minimum atomic E-state index is -0.976. The first-order valence-corrected chi connectivity index (χ1v) is 13.6. The van der Waals surface area contributed by atoms with Gasteiger partial charge in [0.2, 0.25) is 11.8 Å². The first-order chi connectivity index (χ1) is 19.0. The van der Waals surface area contributed by atoms with Crippen LogP contribution in [-0.4, -0.2) is 93.3 Å². The highest BCUT2D eigenvalue weighted by atomic mass is 16.2. The zero-order chi connectivity index (χ0) is 28.9. The lowest BCUT2D eigenvalue weighted by Gasteiger charge is -2.41. The molecule has 0 N–H and O–H groups in total. The van der Waals surface area contributed by atoms with Crippen molar-refractivity contribution in [3.05, 3.63) is 70.8 Å². The van der Waals surface area contributed by atoms with E-state index in [1.54, 1.807) is 86.0 Å². The summed E-state index contributed by atoms with van der Waals surface area (Å²) in [4.78, 5) is 85.1. The van der Waals surface area contributed by atoms with Gasteiger partial charge in [0.15, 0.2) is 0 Å². The average Bonchev–Trinajstić information content (AvgIpc) is 3.34. The fourth-order valence-electron chi connectivity index (χ4n) is 5.83. The third kappa shape index (κ3) is 4.27. The minimum absolute atomic E-state index is 0.198. The van der Waals surface area contributed by atoms with Gasteiger partial charge < -0.3 is 9.80 Å². The van der Waals surface area contributed by atoms with E-state index in [0.717, 1.165) is 9.80 Å². The summed E-state index contributed by atoms with van der Waals surface area (Å²) in [6.45, 7) is 7.96. The van der Waals surface area contributed by atoms with Crippen LogP contribution in [0.3, 0.4) is 0 Å². The minimum Gasteiger partial charge on any atom is -0.337 e. The van der Waals surface area contributed by atoms with Crippen LogP contribution in [0.15, 0.2) is 48.5 Å². The van der Waals surface area contributed by atoms with Crippen LogP contribution in [0.2, 0.25) is 0 Å². The third-order valence-electron chi connectivity index (χ3n) is 7.88. The van der Waals surface area contributed by atoms with Gasteiger partial charge in [-0.2, -0.15) is 0 Å². The molecule has 0 radical (unpaired) electrons. The molecule has 3 aliphatic heterocycles. The van der Waals surface area contributed by atoms with Crippen molar-refractivity contribution in [1.82, 2.24) is 19.6 Å². The molecule has 5 rings (SSSR count). The zero-order valence-corrected chi connectivity index (χ0v) is 23.0. The van der Waals surface area contributed by atoms with E-state index in [2.05, 4.69) is 0 Å². The summed E-state index contributed by atoms with van der Waals surface area (Å²) in [7, 11) is 0. The Morgan fingerprint density at radius 1 is 0.525 bits per heavy atom. The number of nitrogens with zero attached hydrogens (tertiary/aromatic N) is 4. The number of amides is 6. The number of carbonyl (C=O) groups is 6. The molecule has 1 saturated heterocycles. The van der Waals surface area contributed by atoms with Crippen molar-refractivity contribution in [2.75, 3.05) is 26.2 Å². The largest absolute Gasteiger partial charge is 0.337 e. The molecule has 2 atom stereocenters. The first-order valence-electron chi connectivity index (χ1n) is 13.6. The van der Waals surface area contributed by atoms with Crippen molar-refractivity contribution >= 4 is 35.4 Å². The van der Waals surface area contributed by atoms with Crippen molar-refractivity contribution in [3.8, 4) is 0 Å². The zero-order valence-electron chi connectivity index (χ0n) is 23.0. The molecule has 0 saturated carbocycles. The second kappa shape index (κ2) is 10.3. The van der Waals surface area contributed by atoms with Gasteiger partial charge in [0.25, 0.3) is 23.6 Å². The SMILES string of the molecule is CC(C)[C@@H](C(=O)N1CCN(C(=O)[C@H](C(C)C)N2C(=O)c3ccccc3C2=O)CC1)N1C(=O)c2ccccc2C1=O. The number of benzene rings is 2. The number of hydrogen-bond donors (Lipinski definition) is 0. The number of piperazine rings is 1. The van der Waals surface area contributed by atoms with Gasteiger partial charge in [-0.05, 0) is 36.1 Å². The fraction of sp³-hybridized carbons (Fsp3) is 0.400. The summed E-state index contributed by atoms with van der Waals surface area (Å²) in [6.07, 6.45) is 0. The van der Waals surface area contributed by atoms with Crippen molar-refractivity contribution in [1.29, 1.82) is 0 Å². The lowest BCUT2D eigenvalue weighted by molar-refractivity contribution is -0.145. The van der Waals surface area contributed by atoms with Crippen LogP contribution in [0.4, 0.5) is 0 Å². The van der Waals surface area contributed by atoms with Gasteiger partial charge in [0, 0.05) is 26.2 Å². The highest BCUT2D eigenvalue weighted by Gasteiger charge is 2.47. The van der Waals surface area contributed by atoms with Gasteiger partial charge in [-0.3, -0.25) is 38.6 Å². The van der Waals surface area contributed by atoms with Crippen molar-refractivity contribution < 1.29 is 28.8 Å². The Bertz CT molecular complexity index is 1250. The normalized spacial score (nSPS) is 18.6. The molecular formula is C30H32N4O6. The van der Waals surface area contributed by atoms with Crippen molar-refractivity contribution in [2.24, 2.45) is 11.8 Å². The maximum absolute atomic E-state index is 13.7. The van der Waals surface area contributed by atoms with Gasteiger partial charge in [-0.25, -0.2) is 0 Å². The molecule has 0 aromatic heterocycles. The van der Waals surface area contributed by atoms with E-state index >= 15 is 0 Å². The van der Waals surface area contributed by atoms with Gasteiger partial charge in [0.1, 0.15) is 12.1 Å². The maximum atomic E-state index is 13.7. The lowest BCUT2D eigenvalue weighted by atomic mass is 9.99. The molecule has 2 aromatic rings. The quantitative estimate of drug-likeness (QED) is 0.516. The molecule has 10 nitrogen and oxygen atoms in total. The highest BCUT2D eigenvalue weighted by molar-refractivity contribution is 6.23. The highest BCUT2D eigenvalue weighted by Crippen LogP contribution is 2.30. The van der Waals surface area contributed by atoms with E-state index in [-0.39, 0.29) is 72.1 Å². The topological polar surface area (TPSA) is 115 Å². The monoisotopic (exact) mass is 544 g/mol. The summed E-state index contributed by atoms with van der Waals surface area (Å²) >= 11 is 0. The predicted molar refractivity (Wildman–Crippen MR) is 144 cm³/mol. The molecule has 0 unspecified atom stereocenters. The molecule has 0 bridgehead atoms. The molecular weight excluding hydrogens is 512 g/mol. The molecule has 2 aromatic carbocycles.